The van der Waals surface area contributed by atoms with Gasteiger partial charge in [0, 0.05) is 45.0 Å². The molecule has 6 heteroatoms. The van der Waals surface area contributed by atoms with Crippen molar-refractivity contribution in [1.29, 1.82) is 0 Å². The van der Waals surface area contributed by atoms with Gasteiger partial charge in [-0.25, -0.2) is 0 Å². The van der Waals surface area contributed by atoms with Crippen LogP contribution in [0.4, 0.5) is 0 Å². The first-order chi connectivity index (χ1) is 9.35. The van der Waals surface area contributed by atoms with Crippen LogP contribution in [-0.2, 0) is 13.1 Å². The average molecular weight is 264 g/mol. The number of aromatic nitrogens is 3. The summed E-state index contributed by atoms with van der Waals surface area (Å²) in [7, 11) is 0. The van der Waals surface area contributed by atoms with Gasteiger partial charge in [0.05, 0.1) is 12.2 Å². The third kappa shape index (κ3) is 3.13. The van der Waals surface area contributed by atoms with Gasteiger partial charge in [0.25, 0.3) is 0 Å². The topological polar surface area (TPSA) is 63.2 Å². The van der Waals surface area contributed by atoms with Crippen LogP contribution in [0, 0.1) is 0 Å². The maximum Gasteiger partial charge on any atom is 0.0962 e. The second kappa shape index (κ2) is 5.98. The van der Waals surface area contributed by atoms with Gasteiger partial charge in [0.15, 0.2) is 0 Å². The van der Waals surface area contributed by atoms with E-state index in [4.69, 9.17) is 5.73 Å². The van der Waals surface area contributed by atoms with Crippen LogP contribution in [0.1, 0.15) is 25.0 Å². The molecule has 0 bridgehead atoms. The zero-order valence-corrected chi connectivity index (χ0v) is 11.5. The second-order valence-electron chi connectivity index (χ2n) is 5.66. The van der Waals surface area contributed by atoms with Crippen molar-refractivity contribution in [3.05, 3.63) is 11.9 Å². The largest absolute Gasteiger partial charge is 0.325 e. The molecule has 2 saturated heterocycles. The molecule has 1 aromatic heterocycles. The Kier molecular flexibility index (Phi) is 4.10. The van der Waals surface area contributed by atoms with E-state index in [1.807, 2.05) is 10.9 Å². The number of piperazine rings is 1. The van der Waals surface area contributed by atoms with Crippen molar-refractivity contribution in [2.24, 2.45) is 5.73 Å². The second-order valence-corrected chi connectivity index (χ2v) is 5.66. The lowest BCUT2D eigenvalue weighted by Gasteiger charge is -2.44. The van der Waals surface area contributed by atoms with Crippen molar-refractivity contribution >= 4 is 0 Å². The Balaban J connectivity index is 1.48. The van der Waals surface area contributed by atoms with Gasteiger partial charge in [-0.2, -0.15) is 0 Å². The summed E-state index contributed by atoms with van der Waals surface area (Å²) in [4.78, 5) is 5.23. The van der Waals surface area contributed by atoms with Crippen LogP contribution in [0.5, 0.6) is 0 Å². The highest BCUT2D eigenvalue weighted by Crippen LogP contribution is 2.20. The van der Waals surface area contributed by atoms with E-state index in [1.165, 1.54) is 45.4 Å². The first-order valence-corrected chi connectivity index (χ1v) is 7.40. The fourth-order valence-corrected chi connectivity index (χ4v) is 3.21. The summed E-state index contributed by atoms with van der Waals surface area (Å²) in [6.45, 7) is 7.41. The van der Waals surface area contributed by atoms with E-state index in [0.717, 1.165) is 24.8 Å². The zero-order chi connectivity index (χ0) is 13.1. The molecule has 2 aliphatic rings. The fourth-order valence-electron chi connectivity index (χ4n) is 3.21. The molecular weight excluding hydrogens is 240 g/mol. The Morgan fingerprint density at radius 2 is 2.16 bits per heavy atom. The molecule has 1 aromatic rings. The summed E-state index contributed by atoms with van der Waals surface area (Å²) in [5, 5.41) is 8.13. The van der Waals surface area contributed by atoms with Crippen molar-refractivity contribution in [3.63, 3.8) is 0 Å². The van der Waals surface area contributed by atoms with E-state index in [-0.39, 0.29) is 0 Å². The molecule has 0 aliphatic carbocycles. The Morgan fingerprint density at radius 3 is 3.00 bits per heavy atom. The standard InChI is InChI=1S/C13H24N6/c14-9-12-10-19(16-15-12)8-6-17-5-7-18-4-2-1-3-13(18)11-17/h10,13H,1-9,11,14H2. The van der Waals surface area contributed by atoms with Crippen LogP contribution in [-0.4, -0.2) is 63.6 Å². The SMILES string of the molecule is NCc1cn(CCN2CCN3CCCCC3C2)nn1. The summed E-state index contributed by atoms with van der Waals surface area (Å²) in [6, 6.07) is 0.790. The van der Waals surface area contributed by atoms with Gasteiger partial charge in [-0.3, -0.25) is 14.5 Å². The molecule has 2 fully saturated rings. The lowest BCUT2D eigenvalue weighted by Crippen LogP contribution is -2.55. The summed E-state index contributed by atoms with van der Waals surface area (Å²) < 4.78 is 1.91. The Labute approximate surface area is 114 Å². The molecule has 1 atom stereocenters. The minimum atomic E-state index is 0.473. The lowest BCUT2D eigenvalue weighted by atomic mass is 9.99. The van der Waals surface area contributed by atoms with Crippen molar-refractivity contribution in [2.45, 2.75) is 38.4 Å². The average Bonchev–Trinajstić information content (AvgIpc) is 2.93. The number of rotatable bonds is 4. The van der Waals surface area contributed by atoms with Gasteiger partial charge < -0.3 is 5.73 Å². The highest BCUT2D eigenvalue weighted by atomic mass is 15.4. The molecule has 0 spiro atoms. The number of hydrogen-bond acceptors (Lipinski definition) is 5. The molecule has 0 radical (unpaired) electrons. The molecule has 1 unspecified atom stereocenters. The number of piperidine rings is 1. The smallest absolute Gasteiger partial charge is 0.0962 e. The van der Waals surface area contributed by atoms with E-state index < -0.39 is 0 Å². The van der Waals surface area contributed by atoms with Crippen LogP contribution < -0.4 is 5.73 Å². The highest BCUT2D eigenvalue weighted by molar-refractivity contribution is 4.90. The molecule has 6 nitrogen and oxygen atoms in total. The monoisotopic (exact) mass is 264 g/mol. The van der Waals surface area contributed by atoms with E-state index in [9.17, 15) is 0 Å². The molecule has 3 rings (SSSR count). The summed E-state index contributed by atoms with van der Waals surface area (Å²) in [5.74, 6) is 0. The van der Waals surface area contributed by atoms with Gasteiger partial charge in [0.2, 0.25) is 0 Å². The predicted molar refractivity (Wildman–Crippen MR) is 73.6 cm³/mol. The van der Waals surface area contributed by atoms with E-state index in [0.29, 0.717) is 6.54 Å². The molecule has 2 aliphatic heterocycles. The Morgan fingerprint density at radius 1 is 1.21 bits per heavy atom. The van der Waals surface area contributed by atoms with E-state index in [1.54, 1.807) is 0 Å². The normalized spacial score (nSPS) is 25.4. The number of fused-ring (bicyclic) bond motifs is 1. The zero-order valence-electron chi connectivity index (χ0n) is 11.5. The third-order valence-corrected chi connectivity index (χ3v) is 4.36. The predicted octanol–water partition coefficient (Wildman–Crippen LogP) is -0.0931. The van der Waals surface area contributed by atoms with Crippen LogP contribution in [0.15, 0.2) is 6.20 Å². The lowest BCUT2D eigenvalue weighted by molar-refractivity contribution is 0.0473. The number of nitrogens with zero attached hydrogens (tertiary/aromatic N) is 5. The maximum absolute atomic E-state index is 5.54. The molecule has 0 aromatic carbocycles. The van der Waals surface area contributed by atoms with Gasteiger partial charge >= 0.3 is 0 Å². The van der Waals surface area contributed by atoms with Crippen LogP contribution in [0.2, 0.25) is 0 Å². The van der Waals surface area contributed by atoms with Gasteiger partial charge in [0.1, 0.15) is 0 Å². The molecule has 106 valence electrons. The van der Waals surface area contributed by atoms with Crippen LogP contribution in [0.25, 0.3) is 0 Å². The van der Waals surface area contributed by atoms with Gasteiger partial charge in [-0.05, 0) is 19.4 Å². The van der Waals surface area contributed by atoms with Gasteiger partial charge in [-0.15, -0.1) is 5.10 Å². The first kappa shape index (κ1) is 13.0. The first-order valence-electron chi connectivity index (χ1n) is 7.40. The third-order valence-electron chi connectivity index (χ3n) is 4.36. The van der Waals surface area contributed by atoms with E-state index >= 15 is 0 Å². The molecular formula is C13H24N6. The highest BCUT2D eigenvalue weighted by Gasteiger charge is 2.28. The van der Waals surface area contributed by atoms with Crippen molar-refractivity contribution in [1.82, 2.24) is 24.8 Å². The summed E-state index contributed by atoms with van der Waals surface area (Å²) >= 11 is 0. The summed E-state index contributed by atoms with van der Waals surface area (Å²) in [6.07, 6.45) is 6.11. The minimum absolute atomic E-state index is 0.473. The number of hydrogen-bond donors (Lipinski definition) is 1. The molecule has 0 amide bonds. The molecule has 3 heterocycles. The van der Waals surface area contributed by atoms with E-state index in [2.05, 4.69) is 20.1 Å². The Hall–Kier alpha value is -0.980. The quantitative estimate of drug-likeness (QED) is 0.823. The molecule has 2 N–H and O–H groups in total. The van der Waals surface area contributed by atoms with Crippen LogP contribution >= 0.6 is 0 Å². The number of nitrogens with two attached hydrogens (primary N) is 1. The van der Waals surface area contributed by atoms with Crippen LogP contribution in [0.3, 0.4) is 0 Å². The Bertz CT molecular complexity index is 404. The minimum Gasteiger partial charge on any atom is -0.325 e. The molecule has 0 saturated carbocycles. The van der Waals surface area contributed by atoms with Crippen molar-refractivity contribution < 1.29 is 0 Å². The fraction of sp³-hybridized carbons (Fsp3) is 0.846. The maximum atomic E-state index is 5.54. The molecule has 19 heavy (non-hydrogen) atoms. The van der Waals surface area contributed by atoms with Crippen molar-refractivity contribution in [2.75, 3.05) is 32.7 Å². The van der Waals surface area contributed by atoms with Crippen molar-refractivity contribution in [3.8, 4) is 0 Å². The van der Waals surface area contributed by atoms with Gasteiger partial charge in [-0.1, -0.05) is 11.6 Å². The summed E-state index contributed by atoms with van der Waals surface area (Å²) in [5.41, 5.74) is 6.42.